The number of carbonyl (C=O) groups excluding carboxylic acids is 1. The van der Waals surface area contributed by atoms with Gasteiger partial charge in [0.2, 0.25) is 0 Å². The third-order valence-electron chi connectivity index (χ3n) is 3.82. The number of piperidine rings is 1. The summed E-state index contributed by atoms with van der Waals surface area (Å²) in [5.41, 5.74) is -0.157. The van der Waals surface area contributed by atoms with Crippen LogP contribution in [0.4, 0.5) is 10.5 Å². The van der Waals surface area contributed by atoms with Crippen molar-refractivity contribution in [2.24, 2.45) is 0 Å². The first-order valence-electron chi connectivity index (χ1n) is 7.77. The number of hydrogen-bond acceptors (Lipinski definition) is 4. The monoisotopic (exact) mass is 379 g/mol. The second-order valence-corrected chi connectivity index (χ2v) is 6.91. The molecule has 1 aromatic rings. The SMILES string of the molecule is CC(C)(C)OC(=O)[NH2+]CC1(O)CCN(c2cc[nH+]cc2)CC1.[Cl-].[Cl-]. The van der Waals surface area contributed by atoms with Crippen molar-refractivity contribution in [2.75, 3.05) is 24.5 Å². The Labute approximate surface area is 155 Å². The van der Waals surface area contributed by atoms with Crippen LogP contribution in [-0.2, 0) is 4.74 Å². The van der Waals surface area contributed by atoms with E-state index in [0.29, 0.717) is 19.4 Å². The van der Waals surface area contributed by atoms with Crippen molar-refractivity contribution in [3.05, 3.63) is 24.5 Å². The third kappa shape index (κ3) is 7.21. The highest BCUT2D eigenvalue weighted by atomic mass is 35.5. The van der Waals surface area contributed by atoms with Crippen molar-refractivity contribution in [3.8, 4) is 0 Å². The van der Waals surface area contributed by atoms with E-state index in [1.165, 1.54) is 5.32 Å². The van der Waals surface area contributed by atoms with E-state index in [1.54, 1.807) is 0 Å². The Bertz CT molecular complexity index is 501. The summed E-state index contributed by atoms with van der Waals surface area (Å²) >= 11 is 0. The zero-order valence-electron chi connectivity index (χ0n) is 14.4. The quantitative estimate of drug-likeness (QED) is 0.548. The maximum Gasteiger partial charge on any atom is 0.513 e. The number of pyridine rings is 1. The fourth-order valence-corrected chi connectivity index (χ4v) is 2.59. The lowest BCUT2D eigenvalue weighted by Gasteiger charge is -2.37. The molecule has 0 saturated carbocycles. The fourth-order valence-electron chi connectivity index (χ4n) is 2.59. The van der Waals surface area contributed by atoms with Crippen LogP contribution >= 0.6 is 0 Å². The van der Waals surface area contributed by atoms with Gasteiger partial charge in [-0.15, -0.1) is 0 Å². The number of amides is 1. The molecule has 0 aliphatic carbocycles. The van der Waals surface area contributed by atoms with Crippen LogP contribution < -0.4 is 40.0 Å². The van der Waals surface area contributed by atoms with Crippen molar-refractivity contribution in [2.45, 2.75) is 44.8 Å². The lowest BCUT2D eigenvalue weighted by Crippen LogP contribution is -3.00. The minimum Gasteiger partial charge on any atom is -1.00 e. The highest BCUT2D eigenvalue weighted by Gasteiger charge is 2.35. The van der Waals surface area contributed by atoms with Crippen molar-refractivity contribution in [1.82, 2.24) is 0 Å². The van der Waals surface area contributed by atoms with E-state index < -0.39 is 11.2 Å². The molecule has 1 saturated heterocycles. The summed E-state index contributed by atoms with van der Waals surface area (Å²) in [6, 6.07) is 4.05. The summed E-state index contributed by atoms with van der Waals surface area (Å²) < 4.78 is 5.24. The molecule has 2 rings (SSSR count). The molecule has 0 atom stereocenters. The van der Waals surface area contributed by atoms with E-state index in [0.717, 1.165) is 18.8 Å². The molecule has 4 N–H and O–H groups in total. The molecule has 1 aliphatic heterocycles. The Morgan fingerprint density at radius 2 is 1.83 bits per heavy atom. The summed E-state index contributed by atoms with van der Waals surface area (Å²) in [4.78, 5) is 17.0. The average molecular weight is 380 g/mol. The predicted molar refractivity (Wildman–Crippen MR) is 82.4 cm³/mol. The molecule has 138 valence electrons. The van der Waals surface area contributed by atoms with E-state index in [4.69, 9.17) is 4.74 Å². The van der Waals surface area contributed by atoms with Gasteiger partial charge in [0.25, 0.3) is 0 Å². The summed E-state index contributed by atoms with van der Waals surface area (Å²) in [6.07, 6.45) is 4.72. The summed E-state index contributed by atoms with van der Waals surface area (Å²) in [5.74, 6) is 0. The molecule has 8 heteroatoms. The van der Waals surface area contributed by atoms with Crippen molar-refractivity contribution in [1.29, 1.82) is 0 Å². The number of aliphatic hydroxyl groups is 1. The van der Waals surface area contributed by atoms with E-state index in [9.17, 15) is 9.90 Å². The molecular formula is C16H27Cl2N3O3. The van der Waals surface area contributed by atoms with Crippen LogP contribution in [0, 0.1) is 0 Å². The summed E-state index contributed by atoms with van der Waals surface area (Å²) in [7, 11) is 0. The first kappa shape index (κ1) is 22.9. The van der Waals surface area contributed by atoms with Crippen LogP contribution in [0.3, 0.4) is 0 Å². The molecule has 0 radical (unpaired) electrons. The van der Waals surface area contributed by atoms with Gasteiger partial charge in [-0.1, -0.05) is 0 Å². The van der Waals surface area contributed by atoms with Gasteiger partial charge in [0.05, 0.1) is 0 Å². The predicted octanol–water partition coefficient (Wildman–Crippen LogP) is -5.66. The number of nitrogens with two attached hydrogens (primary N) is 1. The third-order valence-corrected chi connectivity index (χ3v) is 3.82. The van der Waals surface area contributed by atoms with Gasteiger partial charge in [-0.05, 0) is 33.6 Å². The molecule has 6 nitrogen and oxygen atoms in total. The molecule has 24 heavy (non-hydrogen) atoms. The number of aromatic amines is 1. The second kappa shape index (κ2) is 9.42. The zero-order valence-corrected chi connectivity index (χ0v) is 15.9. The molecule has 1 amide bonds. The smallest absolute Gasteiger partial charge is 0.513 e. The van der Waals surface area contributed by atoms with Gasteiger partial charge in [-0.3, -0.25) is 0 Å². The van der Waals surface area contributed by atoms with Gasteiger partial charge >= 0.3 is 6.09 Å². The number of carbonyl (C=O) groups is 1. The summed E-state index contributed by atoms with van der Waals surface area (Å²) in [5, 5.41) is 12.1. The van der Waals surface area contributed by atoms with E-state index in [2.05, 4.69) is 9.88 Å². The van der Waals surface area contributed by atoms with Gasteiger partial charge in [-0.2, -0.15) is 4.79 Å². The lowest BCUT2D eigenvalue weighted by atomic mass is 9.91. The molecule has 1 fully saturated rings. The van der Waals surface area contributed by atoms with E-state index in [-0.39, 0.29) is 30.9 Å². The van der Waals surface area contributed by atoms with E-state index >= 15 is 0 Å². The van der Waals surface area contributed by atoms with Gasteiger partial charge in [0.15, 0.2) is 12.4 Å². The topological polar surface area (TPSA) is 80.5 Å². The highest BCUT2D eigenvalue weighted by molar-refractivity contribution is 5.56. The minimum atomic E-state index is -0.811. The van der Waals surface area contributed by atoms with Crippen LogP contribution in [0.1, 0.15) is 33.6 Å². The molecule has 1 aliphatic rings. The number of primary amides is 1. The van der Waals surface area contributed by atoms with Crippen LogP contribution in [-0.4, -0.2) is 42.0 Å². The molecule has 2 heterocycles. The first-order valence-corrected chi connectivity index (χ1v) is 7.77. The Kier molecular flexibility index (Phi) is 8.99. The largest absolute Gasteiger partial charge is 1.00 e. The average Bonchev–Trinajstić information content (AvgIpc) is 2.45. The van der Waals surface area contributed by atoms with Gasteiger partial charge in [-0.25, -0.2) is 10.3 Å². The Morgan fingerprint density at radius 3 is 2.33 bits per heavy atom. The highest BCUT2D eigenvalue weighted by Crippen LogP contribution is 2.24. The maximum atomic E-state index is 11.7. The molecule has 1 aromatic heterocycles. The number of rotatable bonds is 3. The number of aromatic nitrogens is 1. The van der Waals surface area contributed by atoms with Crippen molar-refractivity contribution in [3.63, 3.8) is 0 Å². The second-order valence-electron chi connectivity index (χ2n) is 6.91. The standard InChI is InChI=1S/C16H25N3O3.2ClH/c1-15(2,3)22-14(20)18-12-16(21)6-10-19(11-7-16)13-4-8-17-9-5-13;;/h4-5,8-9,21H,6-7,10-12H2,1-3H3,(H,18,20);2*1H. The normalized spacial score (nSPS) is 16.6. The van der Waals surface area contributed by atoms with Crippen molar-refractivity contribution >= 4 is 11.8 Å². The number of H-pyrrole nitrogens is 1. The van der Waals surface area contributed by atoms with Crippen LogP contribution in [0.25, 0.3) is 0 Å². The Balaban J connectivity index is 0.00000264. The summed E-state index contributed by atoms with van der Waals surface area (Å²) in [6.45, 7) is 7.42. The maximum absolute atomic E-state index is 11.7. The number of halogens is 2. The van der Waals surface area contributed by atoms with Gasteiger partial charge < -0.3 is 39.6 Å². The lowest BCUT2D eigenvalue weighted by molar-refractivity contribution is -0.589. The number of anilines is 1. The molecule has 0 aromatic carbocycles. The molecule has 0 bridgehead atoms. The van der Waals surface area contributed by atoms with Gasteiger partial charge in [0, 0.05) is 30.9 Å². The van der Waals surface area contributed by atoms with Crippen LogP contribution in [0.5, 0.6) is 0 Å². The fraction of sp³-hybridized carbons (Fsp3) is 0.625. The van der Waals surface area contributed by atoms with Crippen LogP contribution in [0.2, 0.25) is 0 Å². The van der Waals surface area contributed by atoms with E-state index in [1.807, 2.05) is 45.3 Å². The Hall–Kier alpha value is -1.08. The minimum absolute atomic E-state index is 0. The molecule has 0 unspecified atom stereocenters. The molecule has 0 spiro atoms. The number of quaternary nitrogens is 1. The van der Waals surface area contributed by atoms with Crippen LogP contribution in [0.15, 0.2) is 24.5 Å². The van der Waals surface area contributed by atoms with Gasteiger partial charge in [0.1, 0.15) is 17.7 Å². The number of hydrogen-bond donors (Lipinski definition) is 2. The Morgan fingerprint density at radius 1 is 1.29 bits per heavy atom. The first-order chi connectivity index (χ1) is 10.3. The molecular weight excluding hydrogens is 353 g/mol. The number of ether oxygens (including phenoxy) is 1. The zero-order chi connectivity index (χ0) is 16.2. The number of nitrogens with zero attached hydrogens (tertiary/aromatic N) is 1. The van der Waals surface area contributed by atoms with Crippen molar-refractivity contribution < 1.29 is 49.8 Å². The number of nitrogens with one attached hydrogen (secondary N) is 1.